The van der Waals surface area contributed by atoms with Crippen LogP contribution in [0.3, 0.4) is 0 Å². The van der Waals surface area contributed by atoms with Gasteiger partial charge in [0.05, 0.1) is 0 Å². The molecule has 0 saturated carbocycles. The third-order valence-corrected chi connectivity index (χ3v) is 3.26. The van der Waals surface area contributed by atoms with Gasteiger partial charge < -0.3 is 15.4 Å². The first-order valence-electron chi connectivity index (χ1n) is 5.25. The second kappa shape index (κ2) is 6.28. The number of hydrogen-bond acceptors (Lipinski definition) is 4. The highest BCUT2D eigenvalue weighted by atomic mass is 32.1. The normalized spacial score (nSPS) is 11.0. The van der Waals surface area contributed by atoms with Gasteiger partial charge in [-0.05, 0) is 24.9 Å². The molecule has 1 aromatic heterocycles. The smallest absolute Gasteiger partial charge is 0.423 e. The fourth-order valence-electron chi connectivity index (χ4n) is 1.23. The van der Waals surface area contributed by atoms with E-state index >= 15 is 0 Å². The van der Waals surface area contributed by atoms with Crippen LogP contribution in [0.4, 0.5) is 0 Å². The highest BCUT2D eigenvalue weighted by Crippen LogP contribution is 2.06. The topological polar surface area (TPSA) is 52.5 Å². The number of thiophene rings is 1. The maximum atomic E-state index is 8.93. The van der Waals surface area contributed by atoms with Crippen LogP contribution in [-0.4, -0.2) is 23.7 Å². The van der Waals surface area contributed by atoms with Crippen LogP contribution in [-0.2, 0) is 6.54 Å². The molecule has 0 aliphatic rings. The minimum absolute atomic E-state index is 0.607. The van der Waals surface area contributed by atoms with Crippen molar-refractivity contribution in [2.75, 3.05) is 6.54 Å². The van der Waals surface area contributed by atoms with E-state index in [1.807, 2.05) is 6.07 Å². The van der Waals surface area contributed by atoms with E-state index < -0.39 is 7.12 Å². The molecule has 0 unspecified atom stereocenters. The summed E-state index contributed by atoms with van der Waals surface area (Å²) in [6, 6.07) is 3.69. The summed E-state index contributed by atoms with van der Waals surface area (Å²) in [4.78, 5) is 1.14. The molecule has 0 spiro atoms. The predicted octanol–water partition coefficient (Wildman–Crippen LogP) is 0.564. The summed E-state index contributed by atoms with van der Waals surface area (Å²) in [6.07, 6.45) is 1.17. The average Bonchev–Trinajstić information content (AvgIpc) is 2.60. The third kappa shape index (κ3) is 4.79. The molecule has 84 valence electrons. The molecule has 3 N–H and O–H groups in total. The van der Waals surface area contributed by atoms with Gasteiger partial charge in [-0.2, -0.15) is 0 Å². The molecule has 0 bridgehead atoms. The fourth-order valence-corrected chi connectivity index (χ4v) is 2.09. The van der Waals surface area contributed by atoms with Crippen LogP contribution < -0.4 is 10.1 Å². The lowest BCUT2D eigenvalue weighted by molar-refractivity contribution is 0.427. The Balaban J connectivity index is 2.26. The molecule has 0 radical (unpaired) electrons. The molecule has 1 aromatic rings. The zero-order valence-electron chi connectivity index (χ0n) is 9.23. The highest BCUT2D eigenvalue weighted by molar-refractivity contribution is 7.22. The zero-order valence-corrected chi connectivity index (χ0v) is 10.0. The van der Waals surface area contributed by atoms with Gasteiger partial charge in [-0.3, -0.25) is 0 Å². The van der Waals surface area contributed by atoms with E-state index in [2.05, 4.69) is 19.2 Å². The summed E-state index contributed by atoms with van der Waals surface area (Å²) < 4.78 is 0.607. The molecule has 0 amide bonds. The van der Waals surface area contributed by atoms with E-state index in [9.17, 15) is 0 Å². The van der Waals surface area contributed by atoms with Gasteiger partial charge >= 0.3 is 7.12 Å². The molecule has 1 heterocycles. The summed E-state index contributed by atoms with van der Waals surface area (Å²) in [5, 5.41) is 21.2. The van der Waals surface area contributed by atoms with Crippen molar-refractivity contribution in [1.82, 2.24) is 5.32 Å². The summed E-state index contributed by atoms with van der Waals surface area (Å²) in [7, 11) is -1.33. The van der Waals surface area contributed by atoms with Crippen molar-refractivity contribution in [2.24, 2.45) is 5.92 Å². The van der Waals surface area contributed by atoms with Crippen LogP contribution in [0.2, 0.25) is 0 Å². The van der Waals surface area contributed by atoms with E-state index in [4.69, 9.17) is 10.0 Å². The van der Waals surface area contributed by atoms with Crippen LogP contribution in [0.15, 0.2) is 12.1 Å². The first-order chi connectivity index (χ1) is 7.09. The van der Waals surface area contributed by atoms with Crippen molar-refractivity contribution in [3.63, 3.8) is 0 Å². The molecule has 0 atom stereocenters. The Morgan fingerprint density at radius 1 is 1.40 bits per heavy atom. The van der Waals surface area contributed by atoms with Gasteiger partial charge in [-0.15, -0.1) is 11.3 Å². The molecule has 15 heavy (non-hydrogen) atoms. The predicted molar refractivity (Wildman–Crippen MR) is 65.3 cm³/mol. The monoisotopic (exact) mass is 227 g/mol. The Morgan fingerprint density at radius 3 is 2.67 bits per heavy atom. The first-order valence-corrected chi connectivity index (χ1v) is 6.06. The molecular formula is C10H18BNO2S. The Bertz CT molecular complexity index is 289. The van der Waals surface area contributed by atoms with Crippen molar-refractivity contribution in [2.45, 2.75) is 26.8 Å². The molecule has 0 saturated heterocycles. The summed E-state index contributed by atoms with van der Waals surface area (Å²) in [6.45, 7) is 6.22. The minimum atomic E-state index is -1.33. The van der Waals surface area contributed by atoms with Crippen molar-refractivity contribution in [3.8, 4) is 0 Å². The van der Waals surface area contributed by atoms with Crippen LogP contribution in [0.1, 0.15) is 25.1 Å². The van der Waals surface area contributed by atoms with E-state index in [0.717, 1.165) is 23.9 Å². The second-order valence-corrected chi connectivity index (χ2v) is 5.24. The average molecular weight is 227 g/mol. The lowest BCUT2D eigenvalue weighted by Crippen LogP contribution is -2.26. The second-order valence-electron chi connectivity index (χ2n) is 4.04. The SMILES string of the molecule is CC(C)CCNCc1ccc(B(O)O)s1. The number of nitrogens with one attached hydrogen (secondary N) is 1. The van der Waals surface area contributed by atoms with Gasteiger partial charge in [0, 0.05) is 16.2 Å². The van der Waals surface area contributed by atoms with Gasteiger partial charge in [0.15, 0.2) is 0 Å². The minimum Gasteiger partial charge on any atom is -0.423 e. The summed E-state index contributed by atoms with van der Waals surface area (Å²) >= 11 is 1.44. The largest absolute Gasteiger partial charge is 0.499 e. The number of rotatable bonds is 6. The Kier molecular flexibility index (Phi) is 5.32. The van der Waals surface area contributed by atoms with Gasteiger partial charge in [-0.25, -0.2) is 0 Å². The van der Waals surface area contributed by atoms with E-state index in [1.54, 1.807) is 6.07 Å². The highest BCUT2D eigenvalue weighted by Gasteiger charge is 2.13. The van der Waals surface area contributed by atoms with E-state index in [-0.39, 0.29) is 0 Å². The van der Waals surface area contributed by atoms with Crippen molar-refractivity contribution in [3.05, 3.63) is 17.0 Å². The van der Waals surface area contributed by atoms with Crippen LogP contribution in [0, 0.1) is 5.92 Å². The van der Waals surface area contributed by atoms with Crippen molar-refractivity contribution < 1.29 is 10.0 Å². The molecule has 3 nitrogen and oxygen atoms in total. The molecular weight excluding hydrogens is 209 g/mol. The lowest BCUT2D eigenvalue weighted by Gasteiger charge is -2.05. The Labute approximate surface area is 95.3 Å². The summed E-state index contributed by atoms with van der Waals surface area (Å²) in [5.74, 6) is 0.718. The van der Waals surface area contributed by atoms with Crippen LogP contribution >= 0.6 is 11.3 Å². The quantitative estimate of drug-likeness (QED) is 0.491. The maximum Gasteiger partial charge on any atom is 0.499 e. The molecule has 1 rings (SSSR count). The molecule has 0 aliphatic heterocycles. The fraction of sp³-hybridized carbons (Fsp3) is 0.600. The van der Waals surface area contributed by atoms with Gasteiger partial charge in [0.1, 0.15) is 0 Å². The van der Waals surface area contributed by atoms with Crippen LogP contribution in [0.5, 0.6) is 0 Å². The first kappa shape index (κ1) is 12.7. The maximum absolute atomic E-state index is 8.93. The zero-order chi connectivity index (χ0) is 11.3. The summed E-state index contributed by atoms with van der Waals surface area (Å²) in [5.41, 5.74) is 0. The van der Waals surface area contributed by atoms with Gasteiger partial charge in [0.25, 0.3) is 0 Å². The Morgan fingerprint density at radius 2 is 2.13 bits per heavy atom. The van der Waals surface area contributed by atoms with Gasteiger partial charge in [0.2, 0.25) is 0 Å². The molecule has 5 heteroatoms. The molecule has 0 aliphatic carbocycles. The molecule has 0 fully saturated rings. The lowest BCUT2D eigenvalue weighted by atomic mass is 9.90. The van der Waals surface area contributed by atoms with E-state index in [1.165, 1.54) is 17.8 Å². The van der Waals surface area contributed by atoms with Crippen molar-refractivity contribution >= 4 is 23.2 Å². The van der Waals surface area contributed by atoms with Gasteiger partial charge in [-0.1, -0.05) is 19.9 Å². The number of hydrogen-bond donors (Lipinski definition) is 3. The Hall–Kier alpha value is -0.355. The van der Waals surface area contributed by atoms with Crippen molar-refractivity contribution in [1.29, 1.82) is 0 Å². The van der Waals surface area contributed by atoms with Crippen LogP contribution in [0.25, 0.3) is 0 Å². The molecule has 0 aromatic carbocycles. The third-order valence-electron chi connectivity index (χ3n) is 2.13. The van der Waals surface area contributed by atoms with E-state index in [0.29, 0.717) is 4.78 Å². The standard InChI is InChI=1S/C10H18BNO2S/c1-8(2)5-6-12-7-9-3-4-10(15-9)11(13)14/h3-4,8,12-14H,5-7H2,1-2H3.